The zero-order valence-corrected chi connectivity index (χ0v) is 10.7. The molecular formula is C10H19ClN4O. The van der Waals surface area contributed by atoms with E-state index in [1.165, 1.54) is 6.42 Å². The minimum absolute atomic E-state index is 0.156. The van der Waals surface area contributed by atoms with Crippen LogP contribution in [0.1, 0.15) is 44.3 Å². The van der Waals surface area contributed by atoms with Crippen LogP contribution in [0.5, 0.6) is 0 Å². The second-order valence-electron chi connectivity index (χ2n) is 3.70. The monoisotopic (exact) mass is 246 g/mol. The summed E-state index contributed by atoms with van der Waals surface area (Å²) in [4.78, 5) is 0. The predicted molar refractivity (Wildman–Crippen MR) is 62.4 cm³/mol. The number of tetrazole rings is 1. The lowest BCUT2D eigenvalue weighted by Crippen LogP contribution is -2.09. The smallest absolute Gasteiger partial charge is 0.168 e. The highest BCUT2D eigenvalue weighted by Crippen LogP contribution is 2.15. The lowest BCUT2D eigenvalue weighted by molar-refractivity contribution is 0.125. The van der Waals surface area contributed by atoms with Gasteiger partial charge in [0.05, 0.1) is 5.38 Å². The van der Waals surface area contributed by atoms with Gasteiger partial charge in [0.25, 0.3) is 0 Å². The van der Waals surface area contributed by atoms with Gasteiger partial charge in [-0.25, -0.2) is 4.68 Å². The first-order valence-electron chi connectivity index (χ1n) is 5.73. The maximum absolute atomic E-state index is 5.94. The second kappa shape index (κ2) is 7.57. The number of ether oxygens (including phenoxy) is 1. The molecule has 0 bridgehead atoms. The molecule has 1 unspecified atom stereocenters. The molecule has 16 heavy (non-hydrogen) atoms. The van der Waals surface area contributed by atoms with E-state index >= 15 is 0 Å². The number of nitrogens with zero attached hydrogens (tertiary/aromatic N) is 4. The molecule has 0 aliphatic rings. The van der Waals surface area contributed by atoms with Gasteiger partial charge in [0, 0.05) is 19.8 Å². The van der Waals surface area contributed by atoms with Gasteiger partial charge in [0.15, 0.2) is 5.82 Å². The Morgan fingerprint density at radius 1 is 1.38 bits per heavy atom. The molecule has 0 saturated carbocycles. The van der Waals surface area contributed by atoms with E-state index in [9.17, 15) is 0 Å². The number of halogens is 1. The Bertz CT molecular complexity index is 290. The highest BCUT2D eigenvalue weighted by atomic mass is 35.5. The summed E-state index contributed by atoms with van der Waals surface area (Å²) in [5.41, 5.74) is 0. The van der Waals surface area contributed by atoms with Gasteiger partial charge < -0.3 is 4.74 Å². The number of hydrogen-bond acceptors (Lipinski definition) is 4. The fourth-order valence-electron chi connectivity index (χ4n) is 1.32. The lowest BCUT2D eigenvalue weighted by atomic mass is 10.3. The predicted octanol–water partition coefficient (Wildman–Crippen LogP) is 2.18. The van der Waals surface area contributed by atoms with Crippen LogP contribution in [0.4, 0.5) is 0 Å². The van der Waals surface area contributed by atoms with Crippen molar-refractivity contribution in [1.82, 2.24) is 20.2 Å². The first kappa shape index (κ1) is 13.4. The van der Waals surface area contributed by atoms with Crippen molar-refractivity contribution in [2.75, 3.05) is 13.2 Å². The van der Waals surface area contributed by atoms with Crippen molar-refractivity contribution < 1.29 is 4.74 Å². The average Bonchev–Trinajstić information content (AvgIpc) is 2.71. The first-order valence-corrected chi connectivity index (χ1v) is 6.17. The van der Waals surface area contributed by atoms with Crippen molar-refractivity contribution >= 4 is 11.6 Å². The standard InChI is InChI=1S/C10H19ClN4O/c1-3-4-7-16-8-5-6-15-10(9(2)11)12-13-14-15/h9H,3-8H2,1-2H3. The summed E-state index contributed by atoms with van der Waals surface area (Å²) in [5, 5.41) is 11.2. The molecule has 0 aromatic carbocycles. The molecule has 1 heterocycles. The molecule has 6 heteroatoms. The number of aryl methyl sites for hydroxylation is 1. The summed E-state index contributed by atoms with van der Waals surface area (Å²) >= 11 is 5.94. The topological polar surface area (TPSA) is 52.8 Å². The minimum atomic E-state index is -0.156. The van der Waals surface area contributed by atoms with Gasteiger partial charge in [-0.3, -0.25) is 0 Å². The third kappa shape index (κ3) is 4.45. The molecule has 0 aliphatic carbocycles. The van der Waals surface area contributed by atoms with Crippen molar-refractivity contribution in [3.63, 3.8) is 0 Å². The molecule has 92 valence electrons. The molecule has 1 atom stereocenters. The largest absolute Gasteiger partial charge is 0.381 e. The van der Waals surface area contributed by atoms with Gasteiger partial charge in [0.2, 0.25) is 0 Å². The number of alkyl halides is 1. The van der Waals surface area contributed by atoms with Crippen LogP contribution in [0.2, 0.25) is 0 Å². The van der Waals surface area contributed by atoms with Crippen LogP contribution in [0, 0.1) is 0 Å². The minimum Gasteiger partial charge on any atom is -0.381 e. The van der Waals surface area contributed by atoms with Crippen LogP contribution in [-0.2, 0) is 11.3 Å². The van der Waals surface area contributed by atoms with Crippen molar-refractivity contribution in [3.8, 4) is 0 Å². The molecule has 1 aromatic heterocycles. The Kier molecular flexibility index (Phi) is 6.33. The number of unbranched alkanes of at least 4 members (excludes halogenated alkanes) is 1. The maximum Gasteiger partial charge on any atom is 0.168 e. The summed E-state index contributed by atoms with van der Waals surface area (Å²) < 4.78 is 7.19. The van der Waals surface area contributed by atoms with E-state index in [0.29, 0.717) is 0 Å². The van der Waals surface area contributed by atoms with Crippen molar-refractivity contribution in [3.05, 3.63) is 5.82 Å². The molecule has 0 aliphatic heterocycles. The van der Waals surface area contributed by atoms with E-state index in [1.54, 1.807) is 4.68 Å². The fourth-order valence-corrected chi connectivity index (χ4v) is 1.48. The van der Waals surface area contributed by atoms with Crippen LogP contribution in [0.3, 0.4) is 0 Å². The maximum atomic E-state index is 5.94. The normalized spacial score (nSPS) is 12.9. The third-order valence-corrected chi connectivity index (χ3v) is 2.41. The Balaban J connectivity index is 2.19. The summed E-state index contributed by atoms with van der Waals surface area (Å²) in [5.74, 6) is 0.718. The Labute approximate surface area is 101 Å². The van der Waals surface area contributed by atoms with Gasteiger partial charge in [-0.1, -0.05) is 13.3 Å². The van der Waals surface area contributed by atoms with E-state index in [0.717, 1.165) is 38.4 Å². The summed E-state index contributed by atoms with van der Waals surface area (Å²) in [6, 6.07) is 0. The molecule has 5 nitrogen and oxygen atoms in total. The van der Waals surface area contributed by atoms with Crippen LogP contribution in [0.25, 0.3) is 0 Å². The molecule has 0 saturated heterocycles. The first-order chi connectivity index (χ1) is 7.75. The van der Waals surface area contributed by atoms with Gasteiger partial charge in [-0.2, -0.15) is 0 Å². The van der Waals surface area contributed by atoms with Crippen molar-refractivity contribution in [2.24, 2.45) is 0 Å². The lowest BCUT2D eigenvalue weighted by Gasteiger charge is -2.06. The van der Waals surface area contributed by atoms with Gasteiger partial charge in [-0.05, 0) is 30.2 Å². The Morgan fingerprint density at radius 3 is 2.81 bits per heavy atom. The third-order valence-electron chi connectivity index (χ3n) is 2.22. The zero-order chi connectivity index (χ0) is 11.8. The quantitative estimate of drug-likeness (QED) is 0.521. The molecule has 0 spiro atoms. The van der Waals surface area contributed by atoms with Gasteiger partial charge in [-0.15, -0.1) is 16.7 Å². The van der Waals surface area contributed by atoms with Crippen LogP contribution < -0.4 is 0 Å². The molecule has 0 fully saturated rings. The summed E-state index contributed by atoms with van der Waals surface area (Å²) in [6.45, 7) is 6.35. The summed E-state index contributed by atoms with van der Waals surface area (Å²) in [7, 11) is 0. The number of aromatic nitrogens is 4. The molecule has 1 rings (SSSR count). The molecule has 1 aromatic rings. The Morgan fingerprint density at radius 2 is 2.12 bits per heavy atom. The SMILES string of the molecule is CCCCOCCCn1nnnc1C(C)Cl. The second-order valence-corrected chi connectivity index (χ2v) is 4.35. The van der Waals surface area contributed by atoms with Gasteiger partial charge in [0.1, 0.15) is 0 Å². The highest BCUT2D eigenvalue weighted by molar-refractivity contribution is 6.20. The molecule has 0 radical (unpaired) electrons. The molecule has 0 amide bonds. The molecular weight excluding hydrogens is 228 g/mol. The van der Waals surface area contributed by atoms with Crippen LogP contribution in [-0.4, -0.2) is 33.4 Å². The summed E-state index contributed by atoms with van der Waals surface area (Å²) in [6.07, 6.45) is 3.20. The van der Waals surface area contributed by atoms with E-state index in [-0.39, 0.29) is 5.38 Å². The van der Waals surface area contributed by atoms with Crippen molar-refractivity contribution in [1.29, 1.82) is 0 Å². The fraction of sp³-hybridized carbons (Fsp3) is 0.900. The van der Waals surface area contributed by atoms with Crippen molar-refractivity contribution in [2.45, 2.75) is 45.0 Å². The molecule has 0 N–H and O–H groups in total. The van der Waals surface area contributed by atoms with E-state index in [1.807, 2.05) is 6.92 Å². The van der Waals surface area contributed by atoms with Crippen LogP contribution >= 0.6 is 11.6 Å². The number of hydrogen-bond donors (Lipinski definition) is 0. The number of rotatable bonds is 8. The highest BCUT2D eigenvalue weighted by Gasteiger charge is 2.10. The average molecular weight is 247 g/mol. The van der Waals surface area contributed by atoms with E-state index in [4.69, 9.17) is 16.3 Å². The van der Waals surface area contributed by atoms with E-state index in [2.05, 4.69) is 22.4 Å². The van der Waals surface area contributed by atoms with E-state index < -0.39 is 0 Å². The van der Waals surface area contributed by atoms with Crippen LogP contribution in [0.15, 0.2) is 0 Å². The van der Waals surface area contributed by atoms with Gasteiger partial charge >= 0.3 is 0 Å². The Hall–Kier alpha value is -0.680. The zero-order valence-electron chi connectivity index (χ0n) is 9.90.